The maximum absolute atomic E-state index is 13.0. The molecule has 1 aromatic heterocycles. The van der Waals surface area contributed by atoms with Gasteiger partial charge in [-0.2, -0.15) is 13.2 Å². The van der Waals surface area contributed by atoms with Crippen LogP contribution in [0.2, 0.25) is 0 Å². The van der Waals surface area contributed by atoms with Gasteiger partial charge in [-0.3, -0.25) is 4.57 Å². The lowest BCUT2D eigenvalue weighted by molar-refractivity contribution is -0.137. The highest BCUT2D eigenvalue weighted by Crippen LogP contribution is 2.39. The number of benzene rings is 2. The van der Waals surface area contributed by atoms with Crippen LogP contribution in [0.3, 0.4) is 0 Å². The molecule has 35 heavy (non-hydrogen) atoms. The van der Waals surface area contributed by atoms with Crippen molar-refractivity contribution in [2.75, 3.05) is 33.2 Å². The van der Waals surface area contributed by atoms with E-state index in [0.717, 1.165) is 21.4 Å². The zero-order valence-electron chi connectivity index (χ0n) is 19.4. The lowest BCUT2D eigenvalue weighted by atomic mass is 10.1. The molecule has 13 heteroatoms. The van der Waals surface area contributed by atoms with E-state index in [0.29, 0.717) is 22.9 Å². The molecule has 0 bridgehead atoms. The minimum Gasteiger partial charge on any atom is -0.493 e. The van der Waals surface area contributed by atoms with Crippen LogP contribution in [0.15, 0.2) is 41.2 Å². The maximum Gasteiger partial charge on any atom is 0.416 e. The molecule has 0 saturated carbocycles. The van der Waals surface area contributed by atoms with E-state index >= 15 is 0 Å². The average molecular weight is 495 g/mol. The molecule has 0 aliphatic rings. The van der Waals surface area contributed by atoms with Crippen molar-refractivity contribution in [1.29, 1.82) is 0 Å². The fourth-order valence-electron chi connectivity index (χ4n) is 3.32. The topological polar surface area (TPSA) is 109 Å². The monoisotopic (exact) mass is 495 g/mol. The van der Waals surface area contributed by atoms with Crippen LogP contribution in [-0.2, 0) is 19.8 Å². The SMILES string of the molecule is COc1cc(NC(=O)NCCn2nc(-c3cccc(C(F)(F)F)c3)n(C)c2=O)cc(OC)c1OC. The number of alkyl halides is 3. The van der Waals surface area contributed by atoms with Crippen LogP contribution in [0.5, 0.6) is 17.2 Å². The zero-order chi connectivity index (χ0) is 25.8. The first kappa shape index (κ1) is 25.5. The number of carbonyl (C=O) groups is 1. The van der Waals surface area contributed by atoms with Gasteiger partial charge in [-0.1, -0.05) is 12.1 Å². The average Bonchev–Trinajstić information content (AvgIpc) is 3.11. The third-order valence-corrected chi connectivity index (χ3v) is 5.02. The summed E-state index contributed by atoms with van der Waals surface area (Å²) < 4.78 is 57.0. The summed E-state index contributed by atoms with van der Waals surface area (Å²) in [6.07, 6.45) is -4.52. The highest BCUT2D eigenvalue weighted by molar-refractivity contribution is 5.90. The van der Waals surface area contributed by atoms with Crippen LogP contribution in [-0.4, -0.2) is 48.3 Å². The van der Waals surface area contributed by atoms with Crippen molar-refractivity contribution in [2.45, 2.75) is 12.7 Å². The van der Waals surface area contributed by atoms with Crippen LogP contribution < -0.4 is 30.5 Å². The Morgan fingerprint density at radius 3 is 2.29 bits per heavy atom. The smallest absolute Gasteiger partial charge is 0.416 e. The summed E-state index contributed by atoms with van der Waals surface area (Å²) in [5, 5.41) is 9.34. The van der Waals surface area contributed by atoms with Gasteiger partial charge in [0.2, 0.25) is 5.75 Å². The van der Waals surface area contributed by atoms with E-state index in [2.05, 4.69) is 15.7 Å². The van der Waals surface area contributed by atoms with Crippen LogP contribution in [0.25, 0.3) is 11.4 Å². The van der Waals surface area contributed by atoms with E-state index in [4.69, 9.17) is 14.2 Å². The molecule has 2 N–H and O–H groups in total. The molecular formula is C22H24F3N5O5. The van der Waals surface area contributed by atoms with Gasteiger partial charge in [0.1, 0.15) is 0 Å². The molecule has 0 spiro atoms. The molecule has 2 aromatic carbocycles. The molecule has 2 amide bonds. The van der Waals surface area contributed by atoms with Crippen LogP contribution in [0, 0.1) is 0 Å². The number of nitrogens with zero attached hydrogens (tertiary/aromatic N) is 3. The number of urea groups is 1. The van der Waals surface area contributed by atoms with Gasteiger partial charge in [0, 0.05) is 31.3 Å². The molecule has 1 heterocycles. The predicted octanol–water partition coefficient (Wildman–Crippen LogP) is 3.12. The Bertz CT molecular complexity index is 1240. The molecule has 10 nitrogen and oxygen atoms in total. The normalized spacial score (nSPS) is 11.2. The second kappa shape index (κ2) is 10.4. The van der Waals surface area contributed by atoms with Gasteiger partial charge in [0.05, 0.1) is 39.1 Å². The van der Waals surface area contributed by atoms with Crippen molar-refractivity contribution < 1.29 is 32.2 Å². The number of nitrogens with one attached hydrogen (secondary N) is 2. The second-order valence-corrected chi connectivity index (χ2v) is 7.26. The lowest BCUT2D eigenvalue weighted by Gasteiger charge is -2.14. The highest BCUT2D eigenvalue weighted by Gasteiger charge is 2.31. The van der Waals surface area contributed by atoms with E-state index in [1.54, 1.807) is 12.1 Å². The minimum absolute atomic E-state index is 0.00565. The Kier molecular flexibility index (Phi) is 7.57. The number of ether oxygens (including phenoxy) is 3. The van der Waals surface area contributed by atoms with Crippen molar-refractivity contribution in [3.05, 3.63) is 52.4 Å². The highest BCUT2D eigenvalue weighted by atomic mass is 19.4. The number of hydrogen-bond acceptors (Lipinski definition) is 6. The molecule has 188 valence electrons. The number of hydrogen-bond donors (Lipinski definition) is 2. The number of anilines is 1. The largest absolute Gasteiger partial charge is 0.493 e. The summed E-state index contributed by atoms with van der Waals surface area (Å²) in [5.41, 5.74) is -0.864. The number of halogens is 3. The molecule has 0 aliphatic heterocycles. The quantitative estimate of drug-likeness (QED) is 0.497. The Morgan fingerprint density at radius 2 is 1.71 bits per heavy atom. The van der Waals surface area contributed by atoms with Crippen molar-refractivity contribution in [3.63, 3.8) is 0 Å². The Balaban J connectivity index is 1.68. The molecule has 3 rings (SSSR count). The van der Waals surface area contributed by atoms with Gasteiger partial charge in [-0.15, -0.1) is 5.10 Å². The summed E-state index contributed by atoms with van der Waals surface area (Å²) in [5.74, 6) is 1.14. The summed E-state index contributed by atoms with van der Waals surface area (Å²) in [6.45, 7) is 0.0174. The first-order valence-electron chi connectivity index (χ1n) is 10.2. The first-order valence-corrected chi connectivity index (χ1v) is 10.2. The van der Waals surface area contributed by atoms with Crippen LogP contribution in [0.1, 0.15) is 5.56 Å². The molecule has 0 aliphatic carbocycles. The number of methoxy groups -OCH3 is 3. The van der Waals surface area contributed by atoms with Crippen molar-refractivity contribution in [3.8, 4) is 28.6 Å². The summed E-state index contributed by atoms with van der Waals surface area (Å²) in [4.78, 5) is 24.8. The molecule has 0 fully saturated rings. The van der Waals surface area contributed by atoms with Gasteiger partial charge in [-0.25, -0.2) is 14.3 Å². The summed E-state index contributed by atoms with van der Waals surface area (Å²) in [6, 6.07) is 7.07. The lowest BCUT2D eigenvalue weighted by Crippen LogP contribution is -2.34. The molecule has 0 atom stereocenters. The van der Waals surface area contributed by atoms with Crippen molar-refractivity contribution in [1.82, 2.24) is 19.7 Å². The van der Waals surface area contributed by atoms with Gasteiger partial charge in [-0.05, 0) is 12.1 Å². The number of rotatable bonds is 8. The molecule has 0 unspecified atom stereocenters. The molecule has 0 saturated heterocycles. The first-order chi connectivity index (χ1) is 16.6. The zero-order valence-corrected chi connectivity index (χ0v) is 19.4. The fourth-order valence-corrected chi connectivity index (χ4v) is 3.32. The predicted molar refractivity (Wildman–Crippen MR) is 121 cm³/mol. The van der Waals surface area contributed by atoms with Crippen LogP contribution in [0.4, 0.5) is 23.7 Å². The second-order valence-electron chi connectivity index (χ2n) is 7.26. The minimum atomic E-state index is -4.52. The van der Waals surface area contributed by atoms with E-state index in [-0.39, 0.29) is 24.5 Å². The summed E-state index contributed by atoms with van der Waals surface area (Å²) in [7, 11) is 5.75. The number of carbonyl (C=O) groups excluding carboxylic acids is 1. The summed E-state index contributed by atoms with van der Waals surface area (Å²) >= 11 is 0. The number of aromatic nitrogens is 3. The third kappa shape index (κ3) is 5.67. The fraction of sp³-hybridized carbons (Fsp3) is 0.318. The van der Waals surface area contributed by atoms with Gasteiger partial charge in [0.25, 0.3) is 0 Å². The standard InChI is InChI=1S/C22H24F3N5O5/c1-29-19(13-6-5-7-14(10-13)22(23,24)25)28-30(21(29)32)9-8-26-20(31)27-15-11-16(33-2)18(35-4)17(12-15)34-3/h5-7,10-12H,8-9H2,1-4H3,(H2,26,27,31). The van der Waals surface area contributed by atoms with Gasteiger partial charge in [0.15, 0.2) is 17.3 Å². The van der Waals surface area contributed by atoms with E-state index in [1.807, 2.05) is 0 Å². The van der Waals surface area contributed by atoms with Crippen molar-refractivity contribution in [2.24, 2.45) is 7.05 Å². The van der Waals surface area contributed by atoms with E-state index < -0.39 is 23.5 Å². The Hall–Kier alpha value is -4.16. The Labute approximate surface area is 198 Å². The maximum atomic E-state index is 13.0. The third-order valence-electron chi connectivity index (χ3n) is 5.02. The molecule has 0 radical (unpaired) electrons. The van der Waals surface area contributed by atoms with E-state index in [9.17, 15) is 22.8 Å². The van der Waals surface area contributed by atoms with Gasteiger partial charge >= 0.3 is 17.9 Å². The molecular weight excluding hydrogens is 471 g/mol. The van der Waals surface area contributed by atoms with Gasteiger partial charge < -0.3 is 24.8 Å². The van der Waals surface area contributed by atoms with Crippen LogP contribution >= 0.6 is 0 Å². The Morgan fingerprint density at radius 1 is 1.06 bits per heavy atom. The number of amides is 2. The van der Waals surface area contributed by atoms with Crippen molar-refractivity contribution >= 4 is 11.7 Å². The van der Waals surface area contributed by atoms with E-state index in [1.165, 1.54) is 40.5 Å². The molecule has 3 aromatic rings.